The molecule has 0 aromatic carbocycles. The lowest BCUT2D eigenvalue weighted by molar-refractivity contribution is 0.0937. The Morgan fingerprint density at radius 1 is 1.12 bits per heavy atom. The van der Waals surface area contributed by atoms with Crippen molar-refractivity contribution in [2.75, 3.05) is 6.54 Å². The molecule has 132 valence electrons. The zero-order valence-corrected chi connectivity index (χ0v) is 13.8. The Hall–Kier alpha value is -2.29. The van der Waals surface area contributed by atoms with Gasteiger partial charge in [0.2, 0.25) is 11.8 Å². The van der Waals surface area contributed by atoms with Crippen LogP contribution in [0.5, 0.6) is 0 Å². The van der Waals surface area contributed by atoms with Crippen molar-refractivity contribution in [1.82, 2.24) is 30.5 Å². The van der Waals surface area contributed by atoms with Gasteiger partial charge in [-0.2, -0.15) is 9.97 Å². The fraction of sp³-hybridized carbons (Fsp3) is 0.688. The first-order valence-electron chi connectivity index (χ1n) is 8.97. The van der Waals surface area contributed by atoms with E-state index in [1.54, 1.807) is 0 Å². The van der Waals surface area contributed by atoms with E-state index in [0.717, 1.165) is 50.9 Å². The van der Waals surface area contributed by atoms with E-state index in [9.17, 15) is 4.79 Å². The summed E-state index contributed by atoms with van der Waals surface area (Å²) >= 11 is 0. The third-order valence-corrected chi connectivity index (χ3v) is 4.97. The summed E-state index contributed by atoms with van der Waals surface area (Å²) in [5.41, 5.74) is 0. The van der Waals surface area contributed by atoms with Crippen LogP contribution in [0.1, 0.15) is 78.7 Å². The molecule has 1 atom stereocenters. The first-order chi connectivity index (χ1) is 12.3. The van der Waals surface area contributed by atoms with Gasteiger partial charge in [0.15, 0.2) is 5.82 Å². The topological polar surface area (TPSA) is 110 Å². The summed E-state index contributed by atoms with van der Waals surface area (Å²) in [6.07, 6.45) is 6.30. The van der Waals surface area contributed by atoms with Gasteiger partial charge >= 0.3 is 0 Å². The molecule has 1 N–H and O–H groups in total. The summed E-state index contributed by atoms with van der Waals surface area (Å²) in [5.74, 6) is 2.27. The highest BCUT2D eigenvalue weighted by Crippen LogP contribution is 2.38. The van der Waals surface area contributed by atoms with Crippen molar-refractivity contribution >= 4 is 5.91 Å². The number of likely N-dealkylation sites (tertiary alicyclic amines) is 1. The average Bonchev–Trinajstić information content (AvgIpc) is 3.46. The van der Waals surface area contributed by atoms with Crippen molar-refractivity contribution in [3.05, 3.63) is 23.4 Å². The normalized spacial score (nSPS) is 23.9. The smallest absolute Gasteiger partial charge is 0.292 e. The van der Waals surface area contributed by atoms with Crippen LogP contribution in [0, 0.1) is 0 Å². The summed E-state index contributed by atoms with van der Waals surface area (Å²) in [7, 11) is 0. The first kappa shape index (κ1) is 15.0. The monoisotopic (exact) mass is 344 g/mol. The SMILES string of the molecule is O=C(NC1CC1)c1noc(C2CCCN2Cc2nc(C3CC3)no2)n1. The van der Waals surface area contributed by atoms with Crippen LogP contribution in [0.25, 0.3) is 0 Å². The predicted octanol–water partition coefficient (Wildman–Crippen LogP) is 1.56. The average molecular weight is 344 g/mol. The van der Waals surface area contributed by atoms with Crippen LogP contribution in [0.15, 0.2) is 9.05 Å². The Morgan fingerprint density at radius 2 is 2.00 bits per heavy atom. The Bertz CT molecular complexity index is 778. The molecule has 25 heavy (non-hydrogen) atoms. The maximum absolute atomic E-state index is 12.0. The van der Waals surface area contributed by atoms with E-state index in [-0.39, 0.29) is 23.8 Å². The maximum Gasteiger partial charge on any atom is 0.292 e. The second-order valence-electron chi connectivity index (χ2n) is 7.15. The molecule has 2 aromatic rings. The molecule has 1 amide bonds. The third kappa shape index (κ3) is 3.15. The van der Waals surface area contributed by atoms with Gasteiger partial charge in [0.1, 0.15) is 0 Å². The van der Waals surface area contributed by atoms with Gasteiger partial charge in [-0.3, -0.25) is 9.69 Å². The third-order valence-electron chi connectivity index (χ3n) is 4.97. The van der Waals surface area contributed by atoms with Gasteiger partial charge in [0.05, 0.1) is 12.6 Å². The molecule has 0 spiro atoms. The van der Waals surface area contributed by atoms with Crippen molar-refractivity contribution in [1.29, 1.82) is 0 Å². The number of hydrogen-bond acceptors (Lipinski definition) is 8. The molecule has 2 aromatic heterocycles. The lowest BCUT2D eigenvalue weighted by atomic mass is 10.2. The van der Waals surface area contributed by atoms with Crippen LogP contribution in [0.4, 0.5) is 0 Å². The molecule has 2 saturated carbocycles. The number of nitrogens with zero attached hydrogens (tertiary/aromatic N) is 5. The number of nitrogens with one attached hydrogen (secondary N) is 1. The van der Waals surface area contributed by atoms with Gasteiger partial charge in [0.25, 0.3) is 11.7 Å². The van der Waals surface area contributed by atoms with Crippen molar-refractivity contribution in [3.63, 3.8) is 0 Å². The molecule has 2 aliphatic carbocycles. The van der Waals surface area contributed by atoms with Gasteiger partial charge in [-0.25, -0.2) is 0 Å². The molecule has 1 unspecified atom stereocenters. The predicted molar refractivity (Wildman–Crippen MR) is 83.4 cm³/mol. The molecular formula is C16H20N6O3. The number of aromatic nitrogens is 4. The van der Waals surface area contributed by atoms with Crippen LogP contribution >= 0.6 is 0 Å². The van der Waals surface area contributed by atoms with E-state index < -0.39 is 0 Å². The molecule has 9 heteroatoms. The highest BCUT2D eigenvalue weighted by molar-refractivity contribution is 5.90. The highest BCUT2D eigenvalue weighted by atomic mass is 16.5. The first-order valence-corrected chi connectivity index (χ1v) is 8.97. The molecule has 1 saturated heterocycles. The zero-order chi connectivity index (χ0) is 16.8. The lowest BCUT2D eigenvalue weighted by Crippen LogP contribution is -2.27. The number of carbonyl (C=O) groups excluding carboxylic acids is 1. The Morgan fingerprint density at radius 3 is 2.80 bits per heavy atom. The van der Waals surface area contributed by atoms with E-state index in [1.165, 1.54) is 0 Å². The summed E-state index contributed by atoms with van der Waals surface area (Å²) in [4.78, 5) is 23.0. The largest absolute Gasteiger partial charge is 0.346 e. The second kappa shape index (κ2) is 5.91. The Kier molecular flexibility index (Phi) is 3.54. The minimum Gasteiger partial charge on any atom is -0.346 e. The van der Waals surface area contributed by atoms with Gasteiger partial charge < -0.3 is 14.4 Å². The summed E-state index contributed by atoms with van der Waals surface area (Å²) in [5, 5.41) is 10.8. The molecular weight excluding hydrogens is 324 g/mol. The van der Waals surface area contributed by atoms with Gasteiger partial charge in [-0.15, -0.1) is 0 Å². The zero-order valence-electron chi connectivity index (χ0n) is 13.8. The molecule has 9 nitrogen and oxygen atoms in total. The van der Waals surface area contributed by atoms with E-state index in [2.05, 4.69) is 30.5 Å². The van der Waals surface area contributed by atoms with Gasteiger partial charge in [-0.1, -0.05) is 10.3 Å². The number of amides is 1. The molecule has 5 rings (SSSR count). The van der Waals surface area contributed by atoms with E-state index in [0.29, 0.717) is 24.2 Å². The van der Waals surface area contributed by atoms with Crippen LogP contribution < -0.4 is 5.32 Å². The molecule has 3 fully saturated rings. The van der Waals surface area contributed by atoms with E-state index in [1.807, 2.05) is 0 Å². The van der Waals surface area contributed by atoms with Crippen LogP contribution in [-0.4, -0.2) is 43.7 Å². The van der Waals surface area contributed by atoms with Gasteiger partial charge in [0, 0.05) is 12.0 Å². The molecule has 1 aliphatic heterocycles. The Labute approximate surface area is 144 Å². The maximum atomic E-state index is 12.0. The molecule has 3 heterocycles. The van der Waals surface area contributed by atoms with Gasteiger partial charge in [-0.05, 0) is 45.1 Å². The minimum atomic E-state index is -0.256. The molecule has 0 radical (unpaired) electrons. The van der Waals surface area contributed by atoms with Crippen molar-refractivity contribution in [2.24, 2.45) is 0 Å². The number of rotatable bonds is 6. The van der Waals surface area contributed by atoms with Crippen molar-refractivity contribution in [2.45, 2.75) is 63.1 Å². The highest BCUT2D eigenvalue weighted by Gasteiger charge is 2.34. The summed E-state index contributed by atoms with van der Waals surface area (Å²) in [6, 6.07) is 0.266. The van der Waals surface area contributed by atoms with Crippen LogP contribution in [0.3, 0.4) is 0 Å². The van der Waals surface area contributed by atoms with Crippen molar-refractivity contribution in [3.8, 4) is 0 Å². The van der Waals surface area contributed by atoms with E-state index in [4.69, 9.17) is 9.05 Å². The van der Waals surface area contributed by atoms with Crippen LogP contribution in [-0.2, 0) is 6.54 Å². The summed E-state index contributed by atoms with van der Waals surface area (Å²) in [6.45, 7) is 1.47. The van der Waals surface area contributed by atoms with Crippen LogP contribution in [0.2, 0.25) is 0 Å². The fourth-order valence-corrected chi connectivity index (χ4v) is 3.25. The minimum absolute atomic E-state index is 0.00810. The summed E-state index contributed by atoms with van der Waals surface area (Å²) < 4.78 is 10.7. The van der Waals surface area contributed by atoms with E-state index >= 15 is 0 Å². The second-order valence-corrected chi connectivity index (χ2v) is 7.15. The molecule has 3 aliphatic rings. The number of carbonyl (C=O) groups is 1. The lowest BCUT2D eigenvalue weighted by Gasteiger charge is -2.18. The Balaban J connectivity index is 1.27. The standard InChI is InChI=1S/C16H20N6O3/c23-15(17-10-5-6-10)14-19-16(25-21-14)11-2-1-7-22(11)8-12-18-13(20-24-12)9-3-4-9/h9-11H,1-8H2,(H,17,23). The molecule has 0 bridgehead atoms. The number of hydrogen-bond donors (Lipinski definition) is 1. The quantitative estimate of drug-likeness (QED) is 0.840. The fourth-order valence-electron chi connectivity index (χ4n) is 3.25. The van der Waals surface area contributed by atoms with Crippen molar-refractivity contribution < 1.29 is 13.8 Å².